The zero-order valence-corrected chi connectivity index (χ0v) is 10.8. The first-order valence-corrected chi connectivity index (χ1v) is 5.55. The average molecular weight is 258 g/mol. The molecule has 0 saturated carbocycles. The van der Waals surface area contributed by atoms with Crippen molar-refractivity contribution >= 4 is 23.3 Å². The lowest BCUT2D eigenvalue weighted by Gasteiger charge is -2.21. The fourth-order valence-corrected chi connectivity index (χ4v) is 1.34. The minimum atomic E-state index is -0.857. The molecule has 0 saturated heterocycles. The van der Waals surface area contributed by atoms with E-state index in [1.807, 2.05) is 0 Å². The van der Waals surface area contributed by atoms with Crippen molar-refractivity contribution in [3.63, 3.8) is 0 Å². The molecule has 94 valence electrons. The van der Waals surface area contributed by atoms with Gasteiger partial charge in [0.2, 0.25) is 0 Å². The molecular formula is C12H16ClNO3. The Kier molecular flexibility index (Phi) is 4.23. The van der Waals surface area contributed by atoms with Gasteiger partial charge in [0.1, 0.15) is 5.75 Å². The molecule has 0 unspecified atom stereocenters. The lowest BCUT2D eigenvalue weighted by molar-refractivity contribution is -0.146. The average Bonchev–Trinajstić information content (AvgIpc) is 2.28. The molecule has 0 bridgehead atoms. The smallest absolute Gasteiger partial charge is 0.310 e. The third-order valence-electron chi connectivity index (χ3n) is 2.47. The zero-order valence-electron chi connectivity index (χ0n) is 10.1. The van der Waals surface area contributed by atoms with Crippen LogP contribution in [0.25, 0.3) is 0 Å². The first-order valence-electron chi connectivity index (χ1n) is 5.17. The van der Waals surface area contributed by atoms with Gasteiger partial charge in [-0.1, -0.05) is 11.6 Å². The maximum atomic E-state index is 11.0. The standard InChI is InChI=1S/C12H16ClNO3/c1-12(2,11(15)16)7-14-10-6-8(17-3)4-5-9(10)13/h4-6,14H,7H2,1-3H3,(H,15,16). The van der Waals surface area contributed by atoms with E-state index < -0.39 is 11.4 Å². The van der Waals surface area contributed by atoms with Crippen LogP contribution in [0, 0.1) is 5.41 Å². The zero-order chi connectivity index (χ0) is 13.1. The molecule has 0 aromatic heterocycles. The quantitative estimate of drug-likeness (QED) is 0.852. The number of rotatable bonds is 5. The molecule has 2 N–H and O–H groups in total. The van der Waals surface area contributed by atoms with Crippen molar-refractivity contribution in [2.75, 3.05) is 19.0 Å². The number of carboxylic acid groups (broad SMARTS) is 1. The minimum Gasteiger partial charge on any atom is -0.497 e. The second-order valence-corrected chi connectivity index (χ2v) is 4.80. The van der Waals surface area contributed by atoms with Gasteiger partial charge in [-0.05, 0) is 26.0 Å². The molecule has 1 rings (SSSR count). The third-order valence-corrected chi connectivity index (χ3v) is 2.80. The van der Waals surface area contributed by atoms with E-state index in [4.69, 9.17) is 21.4 Å². The van der Waals surface area contributed by atoms with Gasteiger partial charge in [-0.25, -0.2) is 0 Å². The number of anilines is 1. The number of hydrogen-bond acceptors (Lipinski definition) is 3. The summed E-state index contributed by atoms with van der Waals surface area (Å²) < 4.78 is 5.07. The summed E-state index contributed by atoms with van der Waals surface area (Å²) in [5.74, 6) is -0.186. The predicted molar refractivity (Wildman–Crippen MR) is 67.9 cm³/mol. The van der Waals surface area contributed by atoms with Gasteiger partial charge in [0.25, 0.3) is 0 Å². The molecule has 5 heteroatoms. The highest BCUT2D eigenvalue weighted by atomic mass is 35.5. The van der Waals surface area contributed by atoms with Gasteiger partial charge in [0, 0.05) is 12.6 Å². The number of carbonyl (C=O) groups is 1. The largest absolute Gasteiger partial charge is 0.497 e. The Labute approximate surface area is 106 Å². The second-order valence-electron chi connectivity index (χ2n) is 4.39. The van der Waals surface area contributed by atoms with Gasteiger partial charge in [-0.2, -0.15) is 0 Å². The summed E-state index contributed by atoms with van der Waals surface area (Å²) in [6.07, 6.45) is 0. The Morgan fingerprint density at radius 1 is 1.53 bits per heavy atom. The minimum absolute atomic E-state index is 0.287. The summed E-state index contributed by atoms with van der Waals surface area (Å²) in [6, 6.07) is 5.19. The summed E-state index contributed by atoms with van der Waals surface area (Å²) in [6.45, 7) is 3.59. The van der Waals surface area contributed by atoms with Gasteiger partial charge < -0.3 is 15.2 Å². The molecule has 1 aromatic carbocycles. The molecule has 0 heterocycles. The lowest BCUT2D eigenvalue weighted by Crippen LogP contribution is -2.31. The van der Waals surface area contributed by atoms with Gasteiger partial charge >= 0.3 is 5.97 Å². The Morgan fingerprint density at radius 2 is 2.18 bits per heavy atom. The summed E-state index contributed by atoms with van der Waals surface area (Å²) in [5.41, 5.74) is -0.188. The van der Waals surface area contributed by atoms with Gasteiger partial charge in [0.15, 0.2) is 0 Å². The van der Waals surface area contributed by atoms with E-state index >= 15 is 0 Å². The fraction of sp³-hybridized carbons (Fsp3) is 0.417. The monoisotopic (exact) mass is 257 g/mol. The van der Waals surface area contributed by atoms with Crippen molar-refractivity contribution < 1.29 is 14.6 Å². The normalized spacial score (nSPS) is 11.1. The highest BCUT2D eigenvalue weighted by Gasteiger charge is 2.26. The number of carboxylic acids is 1. The second kappa shape index (κ2) is 5.27. The van der Waals surface area contributed by atoms with Crippen LogP contribution in [-0.2, 0) is 4.79 Å². The number of hydrogen-bond donors (Lipinski definition) is 2. The summed E-state index contributed by atoms with van der Waals surface area (Å²) in [5, 5.41) is 12.5. The van der Waals surface area contributed by atoms with Crippen LogP contribution < -0.4 is 10.1 Å². The van der Waals surface area contributed by atoms with E-state index in [0.717, 1.165) is 0 Å². The number of benzene rings is 1. The van der Waals surface area contributed by atoms with E-state index in [9.17, 15) is 4.79 Å². The highest BCUT2D eigenvalue weighted by Crippen LogP contribution is 2.28. The molecule has 0 aliphatic rings. The van der Waals surface area contributed by atoms with E-state index in [1.54, 1.807) is 39.2 Å². The Bertz CT molecular complexity index is 418. The lowest BCUT2D eigenvalue weighted by atomic mass is 9.94. The first-order chi connectivity index (χ1) is 7.86. The van der Waals surface area contributed by atoms with Crippen molar-refractivity contribution in [2.24, 2.45) is 5.41 Å². The molecule has 0 fully saturated rings. The summed E-state index contributed by atoms with van der Waals surface area (Å²) in [4.78, 5) is 11.0. The molecule has 0 radical (unpaired) electrons. The van der Waals surface area contributed by atoms with Crippen molar-refractivity contribution in [2.45, 2.75) is 13.8 Å². The molecular weight excluding hydrogens is 242 g/mol. The van der Waals surface area contributed by atoms with Crippen LogP contribution in [0.15, 0.2) is 18.2 Å². The SMILES string of the molecule is COc1ccc(Cl)c(NCC(C)(C)C(=O)O)c1. The molecule has 17 heavy (non-hydrogen) atoms. The Hall–Kier alpha value is -1.42. The van der Waals surface area contributed by atoms with Crippen LogP contribution >= 0.6 is 11.6 Å². The number of ether oxygens (including phenoxy) is 1. The van der Waals surface area contributed by atoms with E-state index in [0.29, 0.717) is 16.5 Å². The molecule has 0 spiro atoms. The van der Waals surface area contributed by atoms with Crippen LogP contribution in [0.1, 0.15) is 13.8 Å². The van der Waals surface area contributed by atoms with Crippen LogP contribution in [-0.4, -0.2) is 24.7 Å². The third kappa shape index (κ3) is 3.53. The maximum Gasteiger partial charge on any atom is 0.310 e. The fourth-order valence-electron chi connectivity index (χ4n) is 1.16. The van der Waals surface area contributed by atoms with E-state index in [-0.39, 0.29) is 6.54 Å². The van der Waals surface area contributed by atoms with Gasteiger partial charge in [-0.15, -0.1) is 0 Å². The number of methoxy groups -OCH3 is 1. The summed E-state index contributed by atoms with van der Waals surface area (Å²) in [7, 11) is 1.56. The van der Waals surface area contributed by atoms with Crippen molar-refractivity contribution in [3.05, 3.63) is 23.2 Å². The molecule has 0 amide bonds. The van der Waals surface area contributed by atoms with Crippen molar-refractivity contribution in [1.82, 2.24) is 0 Å². The van der Waals surface area contributed by atoms with E-state index in [2.05, 4.69) is 5.32 Å². The number of nitrogens with one attached hydrogen (secondary N) is 1. The summed E-state index contributed by atoms with van der Waals surface area (Å²) >= 11 is 6.00. The highest BCUT2D eigenvalue weighted by molar-refractivity contribution is 6.33. The van der Waals surface area contributed by atoms with Crippen molar-refractivity contribution in [3.8, 4) is 5.75 Å². The van der Waals surface area contributed by atoms with Gasteiger partial charge in [-0.3, -0.25) is 4.79 Å². The molecule has 0 aliphatic heterocycles. The molecule has 4 nitrogen and oxygen atoms in total. The van der Waals surface area contributed by atoms with Crippen LogP contribution in [0.3, 0.4) is 0 Å². The van der Waals surface area contributed by atoms with Gasteiger partial charge in [0.05, 0.1) is 23.2 Å². The molecule has 0 aliphatic carbocycles. The van der Waals surface area contributed by atoms with Crippen LogP contribution in [0.2, 0.25) is 5.02 Å². The molecule has 0 atom stereocenters. The Balaban J connectivity index is 2.78. The number of aliphatic carboxylic acids is 1. The van der Waals surface area contributed by atoms with E-state index in [1.165, 1.54) is 0 Å². The number of halogens is 1. The maximum absolute atomic E-state index is 11.0. The molecule has 1 aromatic rings. The van der Waals surface area contributed by atoms with Crippen LogP contribution in [0.4, 0.5) is 5.69 Å². The topological polar surface area (TPSA) is 58.6 Å². The van der Waals surface area contributed by atoms with Crippen molar-refractivity contribution in [1.29, 1.82) is 0 Å². The van der Waals surface area contributed by atoms with Crippen LogP contribution in [0.5, 0.6) is 5.75 Å². The first kappa shape index (κ1) is 13.6. The Morgan fingerprint density at radius 3 is 2.71 bits per heavy atom. The predicted octanol–water partition coefficient (Wildman–Crippen LogP) is 2.87.